The standard InChI is InChI=1S/C12H27N5/c1-4-5-16-6-8-17(9-7-16)12(15-13)14-10-11(2)3/h11H,4-10,13H2,1-3H3,(H,14,15). The zero-order chi connectivity index (χ0) is 12.7. The SMILES string of the molecule is CCCN1CCN(C(=NCC(C)C)NN)CC1. The van der Waals surface area contributed by atoms with Crippen molar-refractivity contribution in [1.29, 1.82) is 0 Å². The van der Waals surface area contributed by atoms with E-state index in [0.717, 1.165) is 38.7 Å². The van der Waals surface area contributed by atoms with Crippen LogP contribution in [0.15, 0.2) is 4.99 Å². The lowest BCUT2D eigenvalue weighted by atomic mass is 10.2. The molecule has 0 spiro atoms. The van der Waals surface area contributed by atoms with Gasteiger partial charge in [-0.1, -0.05) is 20.8 Å². The molecule has 0 amide bonds. The van der Waals surface area contributed by atoms with Crippen molar-refractivity contribution in [3.63, 3.8) is 0 Å². The van der Waals surface area contributed by atoms with Crippen LogP contribution in [0.4, 0.5) is 0 Å². The van der Waals surface area contributed by atoms with E-state index in [4.69, 9.17) is 5.84 Å². The third-order valence-corrected chi connectivity index (χ3v) is 2.95. The van der Waals surface area contributed by atoms with Gasteiger partial charge in [-0.3, -0.25) is 15.3 Å². The van der Waals surface area contributed by atoms with E-state index in [1.807, 2.05) is 0 Å². The molecule has 0 bridgehead atoms. The Balaban J connectivity index is 2.42. The predicted molar refractivity (Wildman–Crippen MR) is 72.8 cm³/mol. The van der Waals surface area contributed by atoms with E-state index in [9.17, 15) is 0 Å². The van der Waals surface area contributed by atoms with Crippen molar-refractivity contribution < 1.29 is 0 Å². The lowest BCUT2D eigenvalue weighted by Crippen LogP contribution is -2.54. The Hall–Kier alpha value is -0.810. The Bertz CT molecular complexity index is 231. The first kappa shape index (κ1) is 14.3. The molecule has 1 fully saturated rings. The maximum atomic E-state index is 5.55. The van der Waals surface area contributed by atoms with Crippen LogP contribution in [0, 0.1) is 5.92 Å². The molecule has 0 atom stereocenters. The van der Waals surface area contributed by atoms with Crippen molar-refractivity contribution in [2.75, 3.05) is 39.3 Å². The second-order valence-electron chi connectivity index (χ2n) is 5.03. The number of hydrazine groups is 1. The highest BCUT2D eigenvalue weighted by molar-refractivity contribution is 5.79. The molecule has 1 heterocycles. The number of aliphatic imine (C=N–C) groups is 1. The Morgan fingerprint density at radius 3 is 2.41 bits per heavy atom. The summed E-state index contributed by atoms with van der Waals surface area (Å²) in [6, 6.07) is 0. The van der Waals surface area contributed by atoms with Gasteiger partial charge in [-0.25, -0.2) is 5.84 Å². The minimum atomic E-state index is 0.569. The van der Waals surface area contributed by atoms with Crippen LogP contribution in [0.1, 0.15) is 27.2 Å². The highest BCUT2D eigenvalue weighted by Gasteiger charge is 2.18. The molecule has 100 valence electrons. The summed E-state index contributed by atoms with van der Waals surface area (Å²) in [6.45, 7) is 12.8. The molecule has 0 aromatic heterocycles. The molecule has 0 unspecified atom stereocenters. The topological polar surface area (TPSA) is 56.9 Å². The van der Waals surface area contributed by atoms with E-state index in [0.29, 0.717) is 5.92 Å². The van der Waals surface area contributed by atoms with Gasteiger partial charge in [-0.05, 0) is 18.9 Å². The van der Waals surface area contributed by atoms with E-state index < -0.39 is 0 Å². The average Bonchev–Trinajstić information content (AvgIpc) is 2.32. The number of guanidine groups is 1. The van der Waals surface area contributed by atoms with Gasteiger partial charge in [0.1, 0.15) is 0 Å². The first-order chi connectivity index (χ1) is 8.17. The number of nitrogens with zero attached hydrogens (tertiary/aromatic N) is 3. The van der Waals surface area contributed by atoms with Crippen molar-refractivity contribution in [1.82, 2.24) is 15.2 Å². The fourth-order valence-corrected chi connectivity index (χ4v) is 2.01. The van der Waals surface area contributed by atoms with Crippen molar-refractivity contribution in [2.45, 2.75) is 27.2 Å². The molecule has 17 heavy (non-hydrogen) atoms. The summed E-state index contributed by atoms with van der Waals surface area (Å²) in [5.74, 6) is 6.96. The molecule has 1 rings (SSSR count). The van der Waals surface area contributed by atoms with Gasteiger partial charge in [0.2, 0.25) is 5.96 Å². The van der Waals surface area contributed by atoms with Crippen molar-refractivity contribution in [3.8, 4) is 0 Å². The summed E-state index contributed by atoms with van der Waals surface area (Å²) < 4.78 is 0. The van der Waals surface area contributed by atoms with Crippen LogP contribution in [0.5, 0.6) is 0 Å². The van der Waals surface area contributed by atoms with Gasteiger partial charge in [-0.2, -0.15) is 0 Å². The molecule has 0 aromatic rings. The fraction of sp³-hybridized carbons (Fsp3) is 0.917. The summed E-state index contributed by atoms with van der Waals surface area (Å²) in [5.41, 5.74) is 2.73. The van der Waals surface area contributed by atoms with Gasteiger partial charge < -0.3 is 4.90 Å². The molecule has 3 N–H and O–H groups in total. The van der Waals surface area contributed by atoms with Gasteiger partial charge in [0, 0.05) is 32.7 Å². The van der Waals surface area contributed by atoms with Crippen molar-refractivity contribution >= 4 is 5.96 Å². The molecule has 5 nitrogen and oxygen atoms in total. The van der Waals surface area contributed by atoms with E-state index in [2.05, 4.69) is 41.0 Å². The Morgan fingerprint density at radius 2 is 1.94 bits per heavy atom. The largest absolute Gasteiger partial charge is 0.339 e. The minimum absolute atomic E-state index is 0.569. The van der Waals surface area contributed by atoms with Gasteiger partial charge in [0.25, 0.3) is 0 Å². The highest BCUT2D eigenvalue weighted by Crippen LogP contribution is 2.03. The van der Waals surface area contributed by atoms with Crippen LogP contribution in [0.2, 0.25) is 0 Å². The highest BCUT2D eigenvalue weighted by atomic mass is 15.4. The molecule has 5 heteroatoms. The molecule has 0 radical (unpaired) electrons. The second-order valence-corrected chi connectivity index (χ2v) is 5.03. The van der Waals surface area contributed by atoms with Crippen LogP contribution < -0.4 is 11.3 Å². The Morgan fingerprint density at radius 1 is 1.29 bits per heavy atom. The van der Waals surface area contributed by atoms with Gasteiger partial charge >= 0.3 is 0 Å². The molecular formula is C12H27N5. The maximum Gasteiger partial charge on any atom is 0.208 e. The van der Waals surface area contributed by atoms with E-state index in [1.54, 1.807) is 0 Å². The molecule has 0 saturated carbocycles. The zero-order valence-corrected chi connectivity index (χ0v) is 11.4. The molecule has 1 aliphatic rings. The smallest absolute Gasteiger partial charge is 0.208 e. The van der Waals surface area contributed by atoms with Crippen molar-refractivity contribution in [2.24, 2.45) is 16.8 Å². The number of hydrogen-bond donors (Lipinski definition) is 2. The molecule has 0 aliphatic carbocycles. The van der Waals surface area contributed by atoms with E-state index >= 15 is 0 Å². The Labute approximate surface area is 105 Å². The summed E-state index contributed by atoms with van der Waals surface area (Å²) in [5, 5.41) is 0. The Kier molecular flexibility index (Phi) is 6.29. The number of hydrogen-bond acceptors (Lipinski definition) is 3. The summed E-state index contributed by atoms with van der Waals surface area (Å²) >= 11 is 0. The van der Waals surface area contributed by atoms with Gasteiger partial charge in [0.05, 0.1) is 0 Å². The lowest BCUT2D eigenvalue weighted by Gasteiger charge is -2.36. The minimum Gasteiger partial charge on any atom is -0.339 e. The molecule has 1 saturated heterocycles. The van der Waals surface area contributed by atoms with Crippen LogP contribution in [0.25, 0.3) is 0 Å². The summed E-state index contributed by atoms with van der Waals surface area (Å²) in [4.78, 5) is 9.26. The van der Waals surface area contributed by atoms with Crippen molar-refractivity contribution in [3.05, 3.63) is 0 Å². The van der Waals surface area contributed by atoms with Crippen LogP contribution in [0.3, 0.4) is 0 Å². The third-order valence-electron chi connectivity index (χ3n) is 2.95. The normalized spacial score (nSPS) is 18.9. The maximum absolute atomic E-state index is 5.55. The number of nitrogens with one attached hydrogen (secondary N) is 1. The zero-order valence-electron chi connectivity index (χ0n) is 11.4. The van der Waals surface area contributed by atoms with Gasteiger partial charge in [-0.15, -0.1) is 0 Å². The predicted octanol–water partition coefficient (Wildman–Crippen LogP) is 0.489. The first-order valence-corrected chi connectivity index (χ1v) is 6.65. The molecule has 0 aromatic carbocycles. The lowest BCUT2D eigenvalue weighted by molar-refractivity contribution is 0.179. The number of nitrogens with two attached hydrogens (primary N) is 1. The monoisotopic (exact) mass is 241 g/mol. The molecule has 1 aliphatic heterocycles. The first-order valence-electron chi connectivity index (χ1n) is 6.65. The van der Waals surface area contributed by atoms with E-state index in [1.165, 1.54) is 13.0 Å². The van der Waals surface area contributed by atoms with Crippen LogP contribution in [-0.2, 0) is 0 Å². The van der Waals surface area contributed by atoms with Crippen LogP contribution >= 0.6 is 0 Å². The fourth-order valence-electron chi connectivity index (χ4n) is 2.01. The van der Waals surface area contributed by atoms with Crippen LogP contribution in [-0.4, -0.2) is 55.0 Å². The summed E-state index contributed by atoms with van der Waals surface area (Å²) in [7, 11) is 0. The summed E-state index contributed by atoms with van der Waals surface area (Å²) in [6.07, 6.45) is 1.23. The van der Waals surface area contributed by atoms with E-state index in [-0.39, 0.29) is 0 Å². The quantitative estimate of drug-likeness (QED) is 0.325. The second kappa shape index (κ2) is 7.50. The number of piperazine rings is 1. The molecular weight excluding hydrogens is 214 g/mol. The van der Waals surface area contributed by atoms with Gasteiger partial charge in [0.15, 0.2) is 0 Å². The average molecular weight is 241 g/mol. The number of rotatable bonds is 4. The third kappa shape index (κ3) is 4.91.